The molecule has 0 aromatic heterocycles. The molecular formula is C9H16F2N2O2. The highest BCUT2D eigenvalue weighted by Crippen LogP contribution is 2.09. The number of halogens is 2. The molecule has 0 spiro atoms. The molecule has 1 aliphatic rings. The normalized spacial score (nSPS) is 23.9. The fourth-order valence-electron chi connectivity index (χ4n) is 1.51. The van der Waals surface area contributed by atoms with Gasteiger partial charge in [0.05, 0.1) is 5.92 Å². The predicted octanol–water partition coefficient (Wildman–Crippen LogP) is -0.272. The molecule has 0 aromatic carbocycles. The van der Waals surface area contributed by atoms with Crippen LogP contribution in [0.5, 0.6) is 0 Å². The number of rotatable bonds is 4. The molecule has 6 heteroatoms. The molecule has 0 aromatic rings. The SMILES string of the molecule is O=C(NCC(O)C(F)F)[C@@H]1CCCNC1. The van der Waals surface area contributed by atoms with Crippen LogP contribution in [0.1, 0.15) is 12.8 Å². The van der Waals surface area contributed by atoms with Gasteiger partial charge in [0.25, 0.3) is 6.43 Å². The van der Waals surface area contributed by atoms with Crippen LogP contribution in [0.3, 0.4) is 0 Å². The molecule has 0 radical (unpaired) electrons. The molecule has 2 atom stereocenters. The standard InChI is InChI=1S/C9H16F2N2O2/c10-8(11)7(14)5-13-9(15)6-2-1-3-12-4-6/h6-8,12,14H,1-5H2,(H,13,15)/t6-,7?/m1/s1. The van der Waals surface area contributed by atoms with Crippen LogP contribution >= 0.6 is 0 Å². The summed E-state index contributed by atoms with van der Waals surface area (Å²) in [5, 5.41) is 14.2. The minimum Gasteiger partial charge on any atom is -0.385 e. The maximum Gasteiger partial charge on any atom is 0.265 e. The van der Waals surface area contributed by atoms with E-state index in [1.807, 2.05) is 0 Å². The van der Waals surface area contributed by atoms with Gasteiger partial charge in [-0.2, -0.15) is 0 Å². The monoisotopic (exact) mass is 222 g/mol. The van der Waals surface area contributed by atoms with E-state index in [0.29, 0.717) is 6.54 Å². The van der Waals surface area contributed by atoms with Crippen molar-refractivity contribution >= 4 is 5.91 Å². The zero-order valence-electron chi connectivity index (χ0n) is 8.38. The Morgan fingerprint density at radius 1 is 1.60 bits per heavy atom. The lowest BCUT2D eigenvalue weighted by molar-refractivity contribution is -0.126. The smallest absolute Gasteiger partial charge is 0.265 e. The molecule has 1 rings (SSSR count). The lowest BCUT2D eigenvalue weighted by Crippen LogP contribution is -2.43. The summed E-state index contributed by atoms with van der Waals surface area (Å²) >= 11 is 0. The first-order valence-electron chi connectivity index (χ1n) is 5.06. The Labute approximate surface area is 87.0 Å². The van der Waals surface area contributed by atoms with Crippen molar-refractivity contribution in [3.05, 3.63) is 0 Å². The first-order valence-corrected chi connectivity index (χ1v) is 5.06. The van der Waals surface area contributed by atoms with E-state index in [2.05, 4.69) is 10.6 Å². The summed E-state index contributed by atoms with van der Waals surface area (Å²) in [7, 11) is 0. The topological polar surface area (TPSA) is 61.4 Å². The van der Waals surface area contributed by atoms with Crippen LogP contribution < -0.4 is 10.6 Å². The molecule has 88 valence electrons. The maximum absolute atomic E-state index is 11.9. The van der Waals surface area contributed by atoms with Gasteiger partial charge in [-0.15, -0.1) is 0 Å². The molecule has 1 saturated heterocycles. The van der Waals surface area contributed by atoms with Crippen molar-refractivity contribution in [2.75, 3.05) is 19.6 Å². The Kier molecular flexibility index (Phi) is 4.90. The highest BCUT2D eigenvalue weighted by atomic mass is 19.3. The van der Waals surface area contributed by atoms with Crippen LogP contribution in [0, 0.1) is 5.92 Å². The van der Waals surface area contributed by atoms with E-state index in [1.54, 1.807) is 0 Å². The second-order valence-electron chi connectivity index (χ2n) is 3.69. The zero-order valence-corrected chi connectivity index (χ0v) is 8.38. The molecule has 1 heterocycles. The largest absolute Gasteiger partial charge is 0.385 e. The van der Waals surface area contributed by atoms with Gasteiger partial charge in [0.15, 0.2) is 0 Å². The van der Waals surface area contributed by atoms with E-state index in [0.717, 1.165) is 19.4 Å². The molecule has 1 unspecified atom stereocenters. The lowest BCUT2D eigenvalue weighted by atomic mass is 9.99. The Balaban J connectivity index is 2.22. The van der Waals surface area contributed by atoms with Gasteiger partial charge >= 0.3 is 0 Å². The number of hydrogen-bond donors (Lipinski definition) is 3. The van der Waals surface area contributed by atoms with Crippen molar-refractivity contribution in [3.63, 3.8) is 0 Å². The van der Waals surface area contributed by atoms with Gasteiger partial charge < -0.3 is 15.7 Å². The van der Waals surface area contributed by atoms with Crippen molar-refractivity contribution in [2.45, 2.75) is 25.4 Å². The minimum absolute atomic E-state index is 0.163. The highest BCUT2D eigenvalue weighted by Gasteiger charge is 2.23. The van der Waals surface area contributed by atoms with Gasteiger partial charge in [0.1, 0.15) is 6.10 Å². The van der Waals surface area contributed by atoms with Crippen LogP contribution in [0.25, 0.3) is 0 Å². The zero-order chi connectivity index (χ0) is 11.3. The Morgan fingerprint density at radius 3 is 2.87 bits per heavy atom. The van der Waals surface area contributed by atoms with Crippen molar-refractivity contribution < 1.29 is 18.7 Å². The number of carbonyl (C=O) groups is 1. The average molecular weight is 222 g/mol. The van der Waals surface area contributed by atoms with E-state index < -0.39 is 12.5 Å². The number of piperidine rings is 1. The van der Waals surface area contributed by atoms with Gasteiger partial charge in [-0.25, -0.2) is 8.78 Å². The maximum atomic E-state index is 11.9. The molecule has 1 fully saturated rings. The number of carbonyl (C=O) groups excluding carboxylic acids is 1. The first-order chi connectivity index (χ1) is 7.11. The van der Waals surface area contributed by atoms with Crippen molar-refractivity contribution in [2.24, 2.45) is 5.92 Å². The Morgan fingerprint density at radius 2 is 2.33 bits per heavy atom. The molecule has 1 aliphatic heterocycles. The van der Waals surface area contributed by atoms with Crippen molar-refractivity contribution in [3.8, 4) is 0 Å². The highest BCUT2D eigenvalue weighted by molar-refractivity contribution is 5.78. The molecule has 0 aliphatic carbocycles. The summed E-state index contributed by atoms with van der Waals surface area (Å²) in [4.78, 5) is 11.4. The van der Waals surface area contributed by atoms with E-state index in [4.69, 9.17) is 5.11 Å². The summed E-state index contributed by atoms with van der Waals surface area (Å²) in [6.07, 6.45) is -2.90. The molecule has 15 heavy (non-hydrogen) atoms. The summed E-state index contributed by atoms with van der Waals surface area (Å²) in [6, 6.07) is 0. The van der Waals surface area contributed by atoms with Gasteiger partial charge in [0.2, 0.25) is 5.91 Å². The minimum atomic E-state index is -2.81. The van der Waals surface area contributed by atoms with Crippen LogP contribution in [0.4, 0.5) is 8.78 Å². The fourth-order valence-corrected chi connectivity index (χ4v) is 1.51. The molecule has 4 nitrogen and oxygen atoms in total. The van der Waals surface area contributed by atoms with Crippen LogP contribution in [-0.4, -0.2) is 43.2 Å². The molecule has 3 N–H and O–H groups in total. The quantitative estimate of drug-likeness (QED) is 0.613. The number of hydrogen-bond acceptors (Lipinski definition) is 3. The molecule has 1 amide bonds. The fraction of sp³-hybridized carbons (Fsp3) is 0.889. The molecule has 0 saturated carbocycles. The van der Waals surface area contributed by atoms with E-state index in [1.165, 1.54) is 0 Å². The lowest BCUT2D eigenvalue weighted by Gasteiger charge is -2.22. The number of aliphatic hydroxyl groups is 1. The van der Waals surface area contributed by atoms with Crippen LogP contribution in [-0.2, 0) is 4.79 Å². The number of amides is 1. The third-order valence-corrected chi connectivity index (χ3v) is 2.44. The second kappa shape index (κ2) is 5.97. The third-order valence-electron chi connectivity index (χ3n) is 2.44. The number of alkyl halides is 2. The summed E-state index contributed by atoms with van der Waals surface area (Å²) in [5.41, 5.74) is 0. The summed E-state index contributed by atoms with van der Waals surface area (Å²) in [5.74, 6) is -0.425. The average Bonchev–Trinajstić information content (AvgIpc) is 2.26. The van der Waals surface area contributed by atoms with E-state index >= 15 is 0 Å². The van der Waals surface area contributed by atoms with E-state index in [9.17, 15) is 13.6 Å². The van der Waals surface area contributed by atoms with E-state index in [-0.39, 0.29) is 18.4 Å². The Bertz CT molecular complexity index is 208. The van der Waals surface area contributed by atoms with Gasteiger partial charge in [-0.1, -0.05) is 0 Å². The number of aliphatic hydroxyl groups excluding tert-OH is 1. The van der Waals surface area contributed by atoms with Crippen LogP contribution in [0.15, 0.2) is 0 Å². The van der Waals surface area contributed by atoms with Gasteiger partial charge in [-0.05, 0) is 19.4 Å². The molecular weight excluding hydrogens is 206 g/mol. The molecule has 0 bridgehead atoms. The summed E-state index contributed by atoms with van der Waals surface area (Å²) in [6.45, 7) is 1.09. The second-order valence-corrected chi connectivity index (χ2v) is 3.69. The third kappa shape index (κ3) is 4.09. The first kappa shape index (κ1) is 12.3. The van der Waals surface area contributed by atoms with Crippen molar-refractivity contribution in [1.29, 1.82) is 0 Å². The van der Waals surface area contributed by atoms with Gasteiger partial charge in [0, 0.05) is 13.1 Å². The van der Waals surface area contributed by atoms with Crippen LogP contribution in [0.2, 0.25) is 0 Å². The van der Waals surface area contributed by atoms with Gasteiger partial charge in [-0.3, -0.25) is 4.79 Å². The summed E-state index contributed by atoms with van der Waals surface area (Å²) < 4.78 is 23.8. The number of nitrogens with one attached hydrogen (secondary N) is 2. The Hall–Kier alpha value is -0.750. The van der Waals surface area contributed by atoms with Crippen molar-refractivity contribution in [1.82, 2.24) is 10.6 Å². The predicted molar refractivity (Wildman–Crippen MR) is 50.6 cm³/mol.